The van der Waals surface area contributed by atoms with E-state index >= 15 is 0 Å². The summed E-state index contributed by atoms with van der Waals surface area (Å²) in [5.74, 6) is -0.960. The molecule has 11 nitrogen and oxygen atoms in total. The summed E-state index contributed by atoms with van der Waals surface area (Å²) in [6.45, 7) is 1.42. The number of benzene rings is 3. The third kappa shape index (κ3) is 8.60. The minimum atomic E-state index is -2.98. The van der Waals surface area contributed by atoms with E-state index in [-0.39, 0.29) is 51.3 Å². The quantitative estimate of drug-likeness (QED) is 0.302. The van der Waals surface area contributed by atoms with Crippen molar-refractivity contribution in [2.24, 2.45) is 4.36 Å². The van der Waals surface area contributed by atoms with Gasteiger partial charge in [0.05, 0.1) is 23.8 Å². The summed E-state index contributed by atoms with van der Waals surface area (Å²) in [5.41, 5.74) is 1.77. The molecule has 0 saturated heterocycles. The van der Waals surface area contributed by atoms with E-state index in [2.05, 4.69) is 9.68 Å². The van der Waals surface area contributed by atoms with Crippen molar-refractivity contribution in [3.05, 3.63) is 86.4 Å². The molecular formula is C27H21Cl2N3O8S. The maximum Gasteiger partial charge on any atom is 0.454 e. The highest BCUT2D eigenvalue weighted by Crippen LogP contribution is 2.30. The highest BCUT2D eigenvalue weighted by molar-refractivity contribution is 7.62. The number of anilines is 1. The van der Waals surface area contributed by atoms with Crippen LogP contribution in [0.2, 0.25) is 10.0 Å². The molecule has 0 heterocycles. The Morgan fingerprint density at radius 1 is 1.02 bits per heavy atom. The minimum Gasteiger partial charge on any atom is -0.483 e. The number of amides is 2. The first-order valence-electron chi connectivity index (χ1n) is 11.6. The Bertz CT molecular complexity index is 1690. The van der Waals surface area contributed by atoms with E-state index in [9.17, 15) is 28.1 Å². The van der Waals surface area contributed by atoms with Crippen molar-refractivity contribution in [1.82, 2.24) is 0 Å². The van der Waals surface area contributed by atoms with Crippen LogP contribution in [-0.4, -0.2) is 46.5 Å². The summed E-state index contributed by atoms with van der Waals surface area (Å²) in [6, 6.07) is 13.3. The first kappa shape index (κ1) is 31.3. The maximum absolute atomic E-state index is 13.2. The number of rotatable bonds is 10. The lowest BCUT2D eigenvalue weighted by Crippen LogP contribution is -2.22. The molecule has 0 aliphatic heterocycles. The molecule has 1 N–H and O–H groups in total. The number of ketones is 1. The summed E-state index contributed by atoms with van der Waals surface area (Å²) in [4.78, 5) is 37.7. The monoisotopic (exact) mass is 617 g/mol. The van der Waals surface area contributed by atoms with Gasteiger partial charge in [-0.1, -0.05) is 27.6 Å². The van der Waals surface area contributed by atoms with E-state index in [1.165, 1.54) is 55.6 Å². The average molecular weight is 618 g/mol. The number of halogens is 2. The topological polar surface area (TPSA) is 161 Å². The molecule has 3 rings (SSSR count). The highest BCUT2D eigenvalue weighted by atomic mass is 35.5. The molecule has 41 heavy (non-hydrogen) atoms. The van der Waals surface area contributed by atoms with Crippen LogP contribution in [0.15, 0.2) is 52.9 Å². The maximum atomic E-state index is 13.2. The van der Waals surface area contributed by atoms with Gasteiger partial charge in [0.2, 0.25) is 0 Å². The Labute approximate surface area is 246 Å². The van der Waals surface area contributed by atoms with E-state index in [0.717, 1.165) is 0 Å². The molecule has 3 aromatic carbocycles. The van der Waals surface area contributed by atoms with Crippen LogP contribution in [0.1, 0.15) is 32.6 Å². The predicted molar refractivity (Wildman–Crippen MR) is 149 cm³/mol. The second kappa shape index (κ2) is 14.4. The van der Waals surface area contributed by atoms with Gasteiger partial charge in [0.1, 0.15) is 11.5 Å². The lowest BCUT2D eigenvalue weighted by atomic mass is 10.0. The van der Waals surface area contributed by atoms with Crippen LogP contribution in [0.3, 0.4) is 0 Å². The van der Waals surface area contributed by atoms with Gasteiger partial charge >= 0.3 is 16.6 Å². The molecular weight excluding hydrogens is 597 g/mol. The molecule has 0 aliphatic carbocycles. The zero-order valence-corrected chi connectivity index (χ0v) is 23.9. The first-order chi connectivity index (χ1) is 19.5. The number of nitrogens with one attached hydrogen (secondary N) is 1. The summed E-state index contributed by atoms with van der Waals surface area (Å²) in [5, 5.41) is 12.3. The largest absolute Gasteiger partial charge is 0.483 e. The Morgan fingerprint density at radius 3 is 2.44 bits per heavy atom. The van der Waals surface area contributed by atoms with Gasteiger partial charge in [-0.05, 0) is 67.4 Å². The van der Waals surface area contributed by atoms with Crippen molar-refractivity contribution in [1.29, 1.82) is 5.26 Å². The fourth-order valence-electron chi connectivity index (χ4n) is 3.73. The van der Waals surface area contributed by atoms with E-state index < -0.39 is 34.9 Å². The van der Waals surface area contributed by atoms with Crippen molar-refractivity contribution in [3.63, 3.8) is 0 Å². The van der Waals surface area contributed by atoms with Crippen LogP contribution < -0.4 is 14.8 Å². The number of ether oxygens (including phenoxy) is 3. The Balaban J connectivity index is 1.81. The molecule has 14 heteroatoms. The molecule has 0 spiro atoms. The lowest BCUT2D eigenvalue weighted by molar-refractivity contribution is -0.118. The third-order valence-electron chi connectivity index (χ3n) is 5.57. The van der Waals surface area contributed by atoms with Crippen molar-refractivity contribution in [3.8, 4) is 17.6 Å². The van der Waals surface area contributed by atoms with Gasteiger partial charge in [-0.15, -0.1) is 0 Å². The minimum absolute atomic E-state index is 0.0536. The van der Waals surface area contributed by atoms with E-state index in [1.807, 2.05) is 6.07 Å². The molecule has 0 atom stereocenters. The number of carbonyl (C=O) groups is 3. The SMILES string of the molecule is COCCc1c(OC(=O)N=S(=O)=O)ccc(NC(=O)COc2ccc(Cl)cc2C(=O)c2cc(Cl)cc(C#N)c2)c1C. The molecule has 0 radical (unpaired) electrons. The molecule has 0 aliphatic rings. The molecule has 0 bridgehead atoms. The van der Waals surface area contributed by atoms with Gasteiger partial charge < -0.3 is 19.5 Å². The molecule has 0 saturated carbocycles. The van der Waals surface area contributed by atoms with Crippen molar-refractivity contribution in [2.45, 2.75) is 13.3 Å². The zero-order chi connectivity index (χ0) is 30.1. The van der Waals surface area contributed by atoms with Crippen molar-refractivity contribution >= 4 is 57.2 Å². The predicted octanol–water partition coefficient (Wildman–Crippen LogP) is 5.17. The number of methoxy groups -OCH3 is 1. The Morgan fingerprint density at radius 2 is 1.76 bits per heavy atom. The Hall–Kier alpha value is -4.28. The van der Waals surface area contributed by atoms with Crippen LogP contribution in [0.4, 0.5) is 10.5 Å². The van der Waals surface area contributed by atoms with Gasteiger partial charge in [0, 0.05) is 34.0 Å². The van der Waals surface area contributed by atoms with Crippen LogP contribution in [0, 0.1) is 18.3 Å². The fourth-order valence-corrected chi connectivity index (χ4v) is 4.29. The third-order valence-corrected chi connectivity index (χ3v) is 6.32. The lowest BCUT2D eigenvalue weighted by Gasteiger charge is -2.16. The number of carbonyl (C=O) groups excluding carboxylic acids is 3. The van der Waals surface area contributed by atoms with Crippen LogP contribution in [0.5, 0.6) is 11.5 Å². The van der Waals surface area contributed by atoms with Crippen LogP contribution in [-0.2, 0) is 26.5 Å². The molecule has 0 unspecified atom stereocenters. The van der Waals surface area contributed by atoms with Gasteiger partial charge in [-0.3, -0.25) is 9.59 Å². The standard InChI is InChI=1S/C27H21Cl2N3O8S/c1-15-20(7-8-38-2)24(40-27(35)32-41(36)37)6-4-22(15)31-25(33)14-39-23-5-3-18(28)12-21(23)26(34)17-9-16(13-30)10-19(29)11-17/h3-6,9-12H,7-8,14H2,1-2H3,(H,31,33). The molecule has 3 aromatic rings. The molecule has 0 aromatic heterocycles. The van der Waals surface area contributed by atoms with E-state index in [4.69, 9.17) is 37.4 Å². The molecule has 2 amide bonds. The molecule has 212 valence electrons. The second-order valence-electron chi connectivity index (χ2n) is 8.28. The van der Waals surface area contributed by atoms with Gasteiger partial charge in [0.15, 0.2) is 12.4 Å². The van der Waals surface area contributed by atoms with Crippen molar-refractivity contribution < 1.29 is 37.0 Å². The van der Waals surface area contributed by atoms with Gasteiger partial charge in [-0.25, -0.2) is 4.79 Å². The fraction of sp³-hybridized carbons (Fsp3) is 0.185. The second-order valence-corrected chi connectivity index (χ2v) is 9.77. The summed E-state index contributed by atoms with van der Waals surface area (Å²) in [7, 11) is -1.50. The number of nitrogens with zero attached hydrogens (tertiary/aromatic N) is 2. The van der Waals surface area contributed by atoms with Gasteiger partial charge in [0.25, 0.3) is 5.91 Å². The van der Waals surface area contributed by atoms with E-state index in [1.54, 1.807) is 6.92 Å². The van der Waals surface area contributed by atoms with Crippen LogP contribution >= 0.6 is 23.2 Å². The zero-order valence-electron chi connectivity index (χ0n) is 21.6. The summed E-state index contributed by atoms with van der Waals surface area (Å²) < 4.78 is 39.9. The molecule has 0 fully saturated rings. The van der Waals surface area contributed by atoms with Crippen molar-refractivity contribution in [2.75, 3.05) is 25.6 Å². The summed E-state index contributed by atoms with van der Waals surface area (Å²) in [6.07, 6.45) is -1.05. The Kier molecular flexibility index (Phi) is 11.0. The number of nitriles is 1. The van der Waals surface area contributed by atoms with Gasteiger partial charge in [-0.2, -0.15) is 13.7 Å². The summed E-state index contributed by atoms with van der Waals surface area (Å²) >= 11 is 12.1. The first-order valence-corrected chi connectivity index (χ1v) is 13.4. The normalized spacial score (nSPS) is 10.3. The average Bonchev–Trinajstić information content (AvgIpc) is 2.92. The smallest absolute Gasteiger partial charge is 0.454 e. The van der Waals surface area contributed by atoms with Crippen LogP contribution in [0.25, 0.3) is 0 Å². The van der Waals surface area contributed by atoms with E-state index in [0.29, 0.717) is 16.8 Å². The highest BCUT2D eigenvalue weighted by Gasteiger charge is 2.19. The number of hydrogen-bond acceptors (Lipinski definition) is 9. The number of hydrogen-bond donors (Lipinski definition) is 1.